The maximum absolute atomic E-state index is 6.09. The lowest BCUT2D eigenvalue weighted by Crippen LogP contribution is -2.50. The standard InChI is InChI=1S/C15H30N2/c1-11-6-7-15(12(2)9-11)17-8-4-5-14(10-17)13(3)16/h11-15H,4-10,16H2,1-3H3. The van der Waals surface area contributed by atoms with Crippen LogP contribution in [0.4, 0.5) is 0 Å². The van der Waals surface area contributed by atoms with E-state index in [1.54, 1.807) is 0 Å². The summed E-state index contributed by atoms with van der Waals surface area (Å²) in [5.74, 6) is 2.55. The summed E-state index contributed by atoms with van der Waals surface area (Å²) in [6.07, 6.45) is 6.95. The molecule has 0 radical (unpaired) electrons. The summed E-state index contributed by atoms with van der Waals surface area (Å²) in [5, 5.41) is 0. The van der Waals surface area contributed by atoms with Crippen LogP contribution < -0.4 is 5.73 Å². The van der Waals surface area contributed by atoms with Crippen LogP contribution in [0.2, 0.25) is 0 Å². The van der Waals surface area contributed by atoms with Crippen molar-refractivity contribution in [3.8, 4) is 0 Å². The first-order valence-corrected chi connectivity index (χ1v) is 7.57. The van der Waals surface area contributed by atoms with E-state index in [9.17, 15) is 0 Å². The minimum absolute atomic E-state index is 0.371. The van der Waals surface area contributed by atoms with Crippen LogP contribution in [0.3, 0.4) is 0 Å². The molecule has 2 heteroatoms. The Hall–Kier alpha value is -0.0800. The molecule has 5 atom stereocenters. The van der Waals surface area contributed by atoms with Gasteiger partial charge < -0.3 is 5.73 Å². The van der Waals surface area contributed by atoms with Crippen molar-refractivity contribution in [1.29, 1.82) is 0 Å². The molecule has 0 bridgehead atoms. The van der Waals surface area contributed by atoms with Crippen molar-refractivity contribution < 1.29 is 0 Å². The van der Waals surface area contributed by atoms with Crippen molar-refractivity contribution in [2.75, 3.05) is 13.1 Å². The van der Waals surface area contributed by atoms with Crippen LogP contribution in [0, 0.1) is 17.8 Å². The van der Waals surface area contributed by atoms with Crippen molar-refractivity contribution in [3.05, 3.63) is 0 Å². The third-order valence-corrected chi connectivity index (χ3v) is 5.09. The van der Waals surface area contributed by atoms with Crippen molar-refractivity contribution in [1.82, 2.24) is 4.90 Å². The topological polar surface area (TPSA) is 29.3 Å². The molecule has 2 nitrogen and oxygen atoms in total. The van der Waals surface area contributed by atoms with Gasteiger partial charge in [0, 0.05) is 18.6 Å². The van der Waals surface area contributed by atoms with Crippen LogP contribution in [-0.4, -0.2) is 30.1 Å². The molecule has 2 N–H and O–H groups in total. The quantitative estimate of drug-likeness (QED) is 0.801. The third-order valence-electron chi connectivity index (χ3n) is 5.09. The Kier molecular flexibility index (Phi) is 4.48. The van der Waals surface area contributed by atoms with Crippen LogP contribution in [0.5, 0.6) is 0 Å². The van der Waals surface area contributed by atoms with Gasteiger partial charge in [0.1, 0.15) is 0 Å². The molecule has 2 fully saturated rings. The summed E-state index contributed by atoms with van der Waals surface area (Å²) >= 11 is 0. The SMILES string of the molecule is CC1CCC(N2CCCC(C(C)N)C2)C(C)C1. The highest BCUT2D eigenvalue weighted by Gasteiger charge is 2.33. The second-order valence-corrected chi connectivity index (χ2v) is 6.72. The highest BCUT2D eigenvalue weighted by atomic mass is 15.2. The third kappa shape index (κ3) is 3.23. The fourth-order valence-corrected chi connectivity index (χ4v) is 3.96. The zero-order valence-corrected chi connectivity index (χ0v) is 11.9. The van der Waals surface area contributed by atoms with Crippen LogP contribution in [0.1, 0.15) is 52.9 Å². The number of hydrogen-bond acceptors (Lipinski definition) is 2. The van der Waals surface area contributed by atoms with Crippen LogP contribution >= 0.6 is 0 Å². The molecule has 1 saturated carbocycles. The van der Waals surface area contributed by atoms with Crippen LogP contribution in [0.25, 0.3) is 0 Å². The lowest BCUT2D eigenvalue weighted by atomic mass is 9.78. The molecule has 5 unspecified atom stereocenters. The summed E-state index contributed by atoms with van der Waals surface area (Å²) in [6, 6.07) is 1.21. The number of rotatable bonds is 2. The van der Waals surface area contributed by atoms with Gasteiger partial charge in [-0.1, -0.05) is 13.8 Å². The molecule has 0 aromatic rings. The van der Waals surface area contributed by atoms with Gasteiger partial charge in [0.15, 0.2) is 0 Å². The van der Waals surface area contributed by atoms with E-state index >= 15 is 0 Å². The zero-order chi connectivity index (χ0) is 12.4. The Morgan fingerprint density at radius 2 is 1.94 bits per heavy atom. The van der Waals surface area contributed by atoms with E-state index in [2.05, 4.69) is 25.7 Å². The van der Waals surface area contributed by atoms with E-state index in [1.165, 1.54) is 45.2 Å². The predicted octanol–water partition coefficient (Wildman–Crippen LogP) is 2.87. The van der Waals surface area contributed by atoms with Crippen molar-refractivity contribution >= 4 is 0 Å². The lowest BCUT2D eigenvalue weighted by Gasteiger charge is -2.45. The van der Waals surface area contributed by atoms with E-state index < -0.39 is 0 Å². The van der Waals surface area contributed by atoms with Gasteiger partial charge in [0.05, 0.1) is 0 Å². The Balaban J connectivity index is 1.92. The van der Waals surface area contributed by atoms with Gasteiger partial charge in [0.25, 0.3) is 0 Å². The minimum atomic E-state index is 0.371. The Morgan fingerprint density at radius 1 is 1.18 bits per heavy atom. The maximum atomic E-state index is 6.09. The molecule has 2 rings (SSSR count). The lowest BCUT2D eigenvalue weighted by molar-refractivity contribution is 0.0509. The van der Waals surface area contributed by atoms with Gasteiger partial charge in [0.2, 0.25) is 0 Å². The summed E-state index contributed by atoms with van der Waals surface area (Å²) in [5.41, 5.74) is 6.09. The summed E-state index contributed by atoms with van der Waals surface area (Å²) < 4.78 is 0. The molecule has 1 saturated heterocycles. The van der Waals surface area contributed by atoms with E-state index in [0.29, 0.717) is 6.04 Å². The van der Waals surface area contributed by atoms with E-state index in [-0.39, 0.29) is 0 Å². The van der Waals surface area contributed by atoms with Gasteiger partial charge in [-0.2, -0.15) is 0 Å². The molecule has 0 amide bonds. The van der Waals surface area contributed by atoms with Gasteiger partial charge in [-0.3, -0.25) is 4.90 Å². The van der Waals surface area contributed by atoms with Gasteiger partial charge in [-0.25, -0.2) is 0 Å². The number of piperidine rings is 1. The molecule has 1 aliphatic carbocycles. The Bertz CT molecular complexity index is 239. The van der Waals surface area contributed by atoms with Gasteiger partial charge >= 0.3 is 0 Å². The normalized spacial score (nSPS) is 42.4. The molecular weight excluding hydrogens is 208 g/mol. The molecular formula is C15H30N2. The smallest absolute Gasteiger partial charge is 0.0121 e. The maximum Gasteiger partial charge on any atom is 0.0121 e. The molecule has 17 heavy (non-hydrogen) atoms. The fourth-order valence-electron chi connectivity index (χ4n) is 3.96. The molecule has 1 aliphatic heterocycles. The highest BCUT2D eigenvalue weighted by Crippen LogP contribution is 2.34. The molecule has 100 valence electrons. The van der Waals surface area contributed by atoms with Crippen LogP contribution in [-0.2, 0) is 0 Å². The molecule has 0 aromatic heterocycles. The summed E-state index contributed by atoms with van der Waals surface area (Å²) in [7, 11) is 0. The van der Waals surface area contributed by atoms with Crippen molar-refractivity contribution in [3.63, 3.8) is 0 Å². The first kappa shape index (κ1) is 13.4. The first-order chi connectivity index (χ1) is 8.08. The Morgan fingerprint density at radius 3 is 2.59 bits per heavy atom. The second kappa shape index (κ2) is 5.71. The number of nitrogens with zero attached hydrogens (tertiary/aromatic N) is 1. The van der Waals surface area contributed by atoms with E-state index in [0.717, 1.165) is 23.8 Å². The minimum Gasteiger partial charge on any atom is -0.328 e. The van der Waals surface area contributed by atoms with Crippen molar-refractivity contribution in [2.24, 2.45) is 23.5 Å². The molecule has 2 aliphatic rings. The number of hydrogen-bond donors (Lipinski definition) is 1. The molecule has 1 heterocycles. The average Bonchev–Trinajstić information content (AvgIpc) is 2.29. The first-order valence-electron chi connectivity index (χ1n) is 7.57. The molecule has 0 spiro atoms. The fraction of sp³-hybridized carbons (Fsp3) is 1.00. The monoisotopic (exact) mass is 238 g/mol. The van der Waals surface area contributed by atoms with Crippen molar-refractivity contribution in [2.45, 2.75) is 65.0 Å². The van der Waals surface area contributed by atoms with E-state index in [1.807, 2.05) is 0 Å². The average molecular weight is 238 g/mol. The number of nitrogens with two attached hydrogens (primary N) is 1. The summed E-state index contributed by atoms with van der Waals surface area (Å²) in [6.45, 7) is 9.61. The number of likely N-dealkylation sites (tertiary alicyclic amines) is 1. The zero-order valence-electron chi connectivity index (χ0n) is 11.9. The second-order valence-electron chi connectivity index (χ2n) is 6.72. The van der Waals surface area contributed by atoms with Crippen LogP contribution in [0.15, 0.2) is 0 Å². The molecule has 0 aromatic carbocycles. The largest absolute Gasteiger partial charge is 0.328 e. The summed E-state index contributed by atoms with van der Waals surface area (Å²) in [4.78, 5) is 2.76. The van der Waals surface area contributed by atoms with E-state index in [4.69, 9.17) is 5.73 Å². The van der Waals surface area contributed by atoms with Gasteiger partial charge in [-0.15, -0.1) is 0 Å². The Labute approximate surface area is 107 Å². The highest BCUT2D eigenvalue weighted by molar-refractivity contribution is 4.88. The predicted molar refractivity (Wildman–Crippen MR) is 73.9 cm³/mol. The van der Waals surface area contributed by atoms with Gasteiger partial charge in [-0.05, 0) is 63.3 Å².